The second kappa shape index (κ2) is 3.87. The van der Waals surface area contributed by atoms with Crippen molar-refractivity contribution in [3.05, 3.63) is 34.6 Å². The molecule has 1 aliphatic carbocycles. The summed E-state index contributed by atoms with van der Waals surface area (Å²) in [6, 6.07) is 4.88. The van der Waals surface area contributed by atoms with Gasteiger partial charge in [-0.15, -0.1) is 0 Å². The van der Waals surface area contributed by atoms with Crippen LogP contribution in [0, 0.1) is 11.7 Å². The maximum Gasteiger partial charge on any atom is 0.127 e. The van der Waals surface area contributed by atoms with E-state index in [-0.39, 0.29) is 11.9 Å². The summed E-state index contributed by atoms with van der Waals surface area (Å²) in [6.07, 6.45) is 3.00. The fraction of sp³-hybridized carbons (Fsp3) is 0.455. The summed E-state index contributed by atoms with van der Waals surface area (Å²) >= 11 is 5.66. The zero-order valence-electron chi connectivity index (χ0n) is 7.84. The van der Waals surface area contributed by atoms with Gasteiger partial charge in [0.1, 0.15) is 5.82 Å². The third kappa shape index (κ3) is 2.25. The van der Waals surface area contributed by atoms with Crippen LogP contribution in [0.2, 0.25) is 5.02 Å². The monoisotopic (exact) mass is 213 g/mol. The van der Waals surface area contributed by atoms with Crippen molar-refractivity contribution in [2.24, 2.45) is 11.7 Å². The van der Waals surface area contributed by atoms with Gasteiger partial charge in [0.25, 0.3) is 0 Å². The Hall–Kier alpha value is -0.600. The Morgan fingerprint density at radius 2 is 2.21 bits per heavy atom. The van der Waals surface area contributed by atoms with Crippen LogP contribution in [0.5, 0.6) is 0 Å². The van der Waals surface area contributed by atoms with Gasteiger partial charge < -0.3 is 5.73 Å². The Bertz CT molecular complexity index is 336. The molecule has 2 N–H and O–H groups in total. The van der Waals surface area contributed by atoms with Gasteiger partial charge >= 0.3 is 0 Å². The van der Waals surface area contributed by atoms with Gasteiger partial charge in [-0.2, -0.15) is 0 Å². The summed E-state index contributed by atoms with van der Waals surface area (Å²) in [5.41, 5.74) is 6.59. The largest absolute Gasteiger partial charge is 0.327 e. The van der Waals surface area contributed by atoms with Gasteiger partial charge in [-0.25, -0.2) is 4.39 Å². The van der Waals surface area contributed by atoms with Gasteiger partial charge in [0.2, 0.25) is 0 Å². The smallest absolute Gasteiger partial charge is 0.127 e. The molecule has 1 atom stereocenters. The van der Waals surface area contributed by atoms with E-state index in [0.717, 1.165) is 0 Å². The van der Waals surface area contributed by atoms with E-state index in [0.29, 0.717) is 22.9 Å². The van der Waals surface area contributed by atoms with Crippen LogP contribution in [-0.2, 0) is 6.42 Å². The van der Waals surface area contributed by atoms with E-state index in [4.69, 9.17) is 17.3 Å². The van der Waals surface area contributed by atoms with Gasteiger partial charge in [-0.3, -0.25) is 0 Å². The second-order valence-electron chi connectivity index (χ2n) is 3.94. The number of rotatable bonds is 3. The van der Waals surface area contributed by atoms with Crippen LogP contribution in [0.15, 0.2) is 18.2 Å². The molecule has 1 aliphatic rings. The zero-order valence-corrected chi connectivity index (χ0v) is 8.60. The molecule has 0 heterocycles. The Kier molecular flexibility index (Phi) is 2.75. The van der Waals surface area contributed by atoms with Gasteiger partial charge in [0.15, 0.2) is 0 Å². The van der Waals surface area contributed by atoms with Crippen molar-refractivity contribution in [3.63, 3.8) is 0 Å². The molecular formula is C11H13ClFN. The van der Waals surface area contributed by atoms with E-state index in [1.54, 1.807) is 12.1 Å². The highest BCUT2D eigenvalue weighted by atomic mass is 35.5. The summed E-state index contributed by atoms with van der Waals surface area (Å²) in [6.45, 7) is 0. The highest BCUT2D eigenvalue weighted by molar-refractivity contribution is 6.30. The standard InChI is InChI=1S/C11H13ClFN/c12-9-4-3-8(10(13)6-9)5-11(14)7-1-2-7/h3-4,6-7,11H,1-2,5,14H2. The van der Waals surface area contributed by atoms with E-state index in [9.17, 15) is 4.39 Å². The van der Waals surface area contributed by atoms with Crippen molar-refractivity contribution in [3.8, 4) is 0 Å². The lowest BCUT2D eigenvalue weighted by molar-refractivity contribution is 0.555. The average molecular weight is 214 g/mol. The van der Waals surface area contributed by atoms with Gasteiger partial charge in [0, 0.05) is 11.1 Å². The molecule has 1 aromatic carbocycles. The first kappa shape index (κ1) is 9.94. The molecule has 3 heteroatoms. The minimum Gasteiger partial charge on any atom is -0.327 e. The van der Waals surface area contributed by atoms with Crippen molar-refractivity contribution in [1.82, 2.24) is 0 Å². The molecule has 76 valence electrons. The highest BCUT2D eigenvalue weighted by Gasteiger charge is 2.28. The molecule has 0 aliphatic heterocycles. The lowest BCUT2D eigenvalue weighted by Gasteiger charge is -2.10. The molecule has 0 amide bonds. The number of hydrogen-bond donors (Lipinski definition) is 1. The maximum absolute atomic E-state index is 13.4. The molecular weight excluding hydrogens is 201 g/mol. The predicted molar refractivity (Wildman–Crippen MR) is 55.8 cm³/mol. The number of halogens is 2. The van der Waals surface area contributed by atoms with E-state index in [2.05, 4.69) is 0 Å². The van der Waals surface area contributed by atoms with Crippen LogP contribution in [-0.4, -0.2) is 6.04 Å². The zero-order chi connectivity index (χ0) is 10.1. The number of hydrogen-bond acceptors (Lipinski definition) is 1. The van der Waals surface area contributed by atoms with Crippen molar-refractivity contribution in [1.29, 1.82) is 0 Å². The van der Waals surface area contributed by atoms with Gasteiger partial charge in [-0.1, -0.05) is 17.7 Å². The van der Waals surface area contributed by atoms with Crippen LogP contribution in [0.1, 0.15) is 18.4 Å². The van der Waals surface area contributed by atoms with Crippen molar-refractivity contribution in [2.45, 2.75) is 25.3 Å². The molecule has 1 fully saturated rings. The molecule has 1 aromatic rings. The lowest BCUT2D eigenvalue weighted by atomic mass is 10.0. The lowest BCUT2D eigenvalue weighted by Crippen LogP contribution is -2.25. The van der Waals surface area contributed by atoms with Crippen molar-refractivity contribution < 1.29 is 4.39 Å². The SMILES string of the molecule is NC(Cc1ccc(Cl)cc1F)C1CC1. The predicted octanol–water partition coefficient (Wildman–Crippen LogP) is 2.76. The van der Waals surface area contributed by atoms with Crippen LogP contribution in [0.4, 0.5) is 4.39 Å². The summed E-state index contributed by atoms with van der Waals surface area (Å²) in [4.78, 5) is 0. The van der Waals surface area contributed by atoms with Crippen LogP contribution < -0.4 is 5.73 Å². The van der Waals surface area contributed by atoms with Crippen LogP contribution in [0.3, 0.4) is 0 Å². The van der Waals surface area contributed by atoms with Crippen LogP contribution in [0.25, 0.3) is 0 Å². The molecule has 1 unspecified atom stereocenters. The Morgan fingerprint density at radius 1 is 1.50 bits per heavy atom. The normalized spacial score (nSPS) is 18.2. The number of nitrogens with two attached hydrogens (primary N) is 1. The summed E-state index contributed by atoms with van der Waals surface area (Å²) in [7, 11) is 0. The molecule has 0 bridgehead atoms. The molecule has 1 nitrogen and oxygen atoms in total. The van der Waals surface area contributed by atoms with Crippen molar-refractivity contribution >= 4 is 11.6 Å². The molecule has 14 heavy (non-hydrogen) atoms. The third-order valence-corrected chi connectivity index (χ3v) is 2.93. The van der Waals surface area contributed by atoms with Crippen LogP contribution >= 0.6 is 11.6 Å². The number of benzene rings is 1. The van der Waals surface area contributed by atoms with E-state index in [1.807, 2.05) is 0 Å². The third-order valence-electron chi connectivity index (χ3n) is 2.70. The summed E-state index contributed by atoms with van der Waals surface area (Å²) < 4.78 is 13.4. The molecule has 2 rings (SSSR count). The molecule has 0 aromatic heterocycles. The second-order valence-corrected chi connectivity index (χ2v) is 4.38. The fourth-order valence-electron chi connectivity index (χ4n) is 1.63. The Balaban J connectivity index is 2.07. The Morgan fingerprint density at radius 3 is 2.79 bits per heavy atom. The quantitative estimate of drug-likeness (QED) is 0.821. The molecule has 0 saturated heterocycles. The average Bonchev–Trinajstić information content (AvgIpc) is 2.92. The van der Waals surface area contributed by atoms with E-state index < -0.39 is 0 Å². The minimum absolute atomic E-state index is 0.102. The highest BCUT2D eigenvalue weighted by Crippen LogP contribution is 2.33. The molecule has 0 spiro atoms. The Labute approximate surface area is 88.1 Å². The molecule has 1 saturated carbocycles. The van der Waals surface area contributed by atoms with Gasteiger partial charge in [-0.05, 0) is 42.9 Å². The topological polar surface area (TPSA) is 26.0 Å². The van der Waals surface area contributed by atoms with Gasteiger partial charge in [0.05, 0.1) is 0 Å². The first-order chi connectivity index (χ1) is 6.66. The van der Waals surface area contributed by atoms with E-state index in [1.165, 1.54) is 18.9 Å². The fourth-order valence-corrected chi connectivity index (χ4v) is 1.79. The first-order valence-electron chi connectivity index (χ1n) is 4.86. The minimum atomic E-state index is -0.242. The van der Waals surface area contributed by atoms with E-state index >= 15 is 0 Å². The maximum atomic E-state index is 13.4. The molecule has 0 radical (unpaired) electrons. The first-order valence-corrected chi connectivity index (χ1v) is 5.24. The summed E-state index contributed by atoms with van der Waals surface area (Å²) in [5, 5.41) is 0.436. The summed E-state index contributed by atoms with van der Waals surface area (Å²) in [5.74, 6) is 0.360. The van der Waals surface area contributed by atoms with Crippen molar-refractivity contribution in [2.75, 3.05) is 0 Å².